The van der Waals surface area contributed by atoms with E-state index in [2.05, 4.69) is 11.7 Å². The lowest BCUT2D eigenvalue weighted by atomic mass is 10.4. The fourth-order valence-electron chi connectivity index (χ4n) is 0.131. The Morgan fingerprint density at radius 2 is 2.29 bits per heavy atom. The van der Waals surface area contributed by atoms with E-state index in [9.17, 15) is 9.90 Å². The molecule has 0 aliphatic heterocycles. The van der Waals surface area contributed by atoms with Crippen molar-refractivity contribution in [1.82, 2.24) is 0 Å². The van der Waals surface area contributed by atoms with Gasteiger partial charge in [0.05, 0.1) is 7.11 Å². The van der Waals surface area contributed by atoms with Gasteiger partial charge in [-0.1, -0.05) is 0 Å². The van der Waals surface area contributed by atoms with Crippen LogP contribution in [0.2, 0.25) is 0 Å². The molecule has 3 nitrogen and oxygen atoms in total. The van der Waals surface area contributed by atoms with Crippen molar-refractivity contribution in [2.75, 3.05) is 7.11 Å². The third-order valence-electron chi connectivity index (χ3n) is 0.464. The Balaban J connectivity index is 3.35. The fraction of sp³-hybridized carbons (Fsp3) is 0.500. The van der Waals surface area contributed by atoms with Crippen LogP contribution in [0.3, 0.4) is 0 Å². The van der Waals surface area contributed by atoms with Gasteiger partial charge in [-0.15, -0.1) is 0 Å². The van der Waals surface area contributed by atoms with Crippen LogP contribution in [0.4, 0.5) is 0 Å². The van der Waals surface area contributed by atoms with Crippen LogP contribution >= 0.6 is 0 Å². The number of esters is 1. The third kappa shape index (κ3) is 2.17. The first-order chi connectivity index (χ1) is 3.18. The Kier molecular flexibility index (Phi) is 2.37. The largest absolute Gasteiger partial charge is 0.467 e. The molecule has 0 fully saturated rings. The van der Waals surface area contributed by atoms with Gasteiger partial charge in [-0.25, -0.2) is 9.90 Å². The Hall–Kier alpha value is -0.570. The first kappa shape index (κ1) is 6.43. The average Bonchev–Trinajstić information content (AvgIpc) is 1.65. The highest BCUT2D eigenvalue weighted by molar-refractivity contribution is 5.74. The van der Waals surface area contributed by atoms with Crippen LogP contribution in [0, 0.1) is 6.92 Å². The predicted octanol–water partition coefficient (Wildman–Crippen LogP) is -0.207. The molecule has 0 rings (SSSR count). The van der Waals surface area contributed by atoms with Crippen molar-refractivity contribution in [3.8, 4) is 0 Å². The van der Waals surface area contributed by atoms with Crippen molar-refractivity contribution in [3.63, 3.8) is 0 Å². The highest BCUT2D eigenvalue weighted by Crippen LogP contribution is 1.81. The molecule has 0 aromatic rings. The van der Waals surface area contributed by atoms with Crippen molar-refractivity contribution in [2.45, 2.75) is 6.10 Å². The van der Waals surface area contributed by atoms with E-state index in [-0.39, 0.29) is 0 Å². The van der Waals surface area contributed by atoms with Gasteiger partial charge in [-0.3, -0.25) is 0 Å². The van der Waals surface area contributed by atoms with Gasteiger partial charge in [0.2, 0.25) is 0 Å². The van der Waals surface area contributed by atoms with Crippen LogP contribution in [0.25, 0.3) is 0 Å². The van der Waals surface area contributed by atoms with E-state index in [4.69, 9.17) is 0 Å². The summed E-state index contributed by atoms with van der Waals surface area (Å²) in [6.07, 6.45) is -1.50. The lowest BCUT2D eigenvalue weighted by Crippen LogP contribution is -2.15. The maximum absolute atomic E-state index is 9.91. The predicted molar refractivity (Wildman–Crippen MR) is 21.8 cm³/mol. The molecule has 0 spiro atoms. The molecule has 7 heavy (non-hydrogen) atoms. The van der Waals surface area contributed by atoms with Gasteiger partial charge in [-0.2, -0.15) is 0 Å². The van der Waals surface area contributed by atoms with Crippen LogP contribution in [0.5, 0.6) is 0 Å². The van der Waals surface area contributed by atoms with E-state index in [1.54, 1.807) is 0 Å². The molecule has 0 saturated heterocycles. The van der Waals surface area contributed by atoms with Gasteiger partial charge in [0.25, 0.3) is 0 Å². The zero-order chi connectivity index (χ0) is 5.86. The minimum absolute atomic E-state index is 0.819. The molecular weight excluding hydrogens is 96.0 g/mol. The SMILES string of the molecule is [CH2]C([O])C(=O)OC. The summed E-state index contributed by atoms with van der Waals surface area (Å²) < 4.78 is 4.00. The van der Waals surface area contributed by atoms with Gasteiger partial charge in [0.1, 0.15) is 0 Å². The molecule has 0 amide bonds. The van der Waals surface area contributed by atoms with E-state index in [1.165, 1.54) is 0 Å². The Bertz CT molecular complexity index is 67.3. The van der Waals surface area contributed by atoms with Crippen LogP contribution < -0.4 is 0 Å². The smallest absolute Gasteiger partial charge is 0.338 e. The van der Waals surface area contributed by atoms with Crippen LogP contribution in [-0.2, 0) is 14.6 Å². The molecule has 1 unspecified atom stereocenters. The quantitative estimate of drug-likeness (QED) is 0.430. The molecule has 0 N–H and O–H groups in total. The summed E-state index contributed by atoms with van der Waals surface area (Å²) in [4.78, 5) is 9.91. The van der Waals surface area contributed by atoms with Crippen LogP contribution in [0.1, 0.15) is 0 Å². The maximum Gasteiger partial charge on any atom is 0.338 e. The number of rotatable bonds is 1. The van der Waals surface area contributed by atoms with Gasteiger partial charge in [-0.05, 0) is 6.92 Å². The van der Waals surface area contributed by atoms with E-state index < -0.39 is 12.1 Å². The Morgan fingerprint density at radius 3 is 2.29 bits per heavy atom. The topological polar surface area (TPSA) is 46.2 Å². The fourth-order valence-corrected chi connectivity index (χ4v) is 0.131. The van der Waals surface area contributed by atoms with E-state index in [1.807, 2.05) is 0 Å². The molecule has 40 valence electrons. The molecule has 0 aromatic carbocycles. The number of methoxy groups -OCH3 is 1. The molecule has 0 aliphatic carbocycles. The van der Waals surface area contributed by atoms with E-state index in [0.29, 0.717) is 0 Å². The number of carbonyl (C=O) groups is 1. The molecular formula is C4H6O3. The highest BCUT2D eigenvalue weighted by atomic mass is 16.5. The third-order valence-corrected chi connectivity index (χ3v) is 0.464. The maximum atomic E-state index is 9.91. The Morgan fingerprint density at radius 1 is 1.86 bits per heavy atom. The minimum Gasteiger partial charge on any atom is -0.467 e. The molecule has 0 saturated carbocycles. The molecule has 0 bridgehead atoms. The first-order valence-electron chi connectivity index (χ1n) is 1.75. The van der Waals surface area contributed by atoms with E-state index in [0.717, 1.165) is 7.11 Å². The summed E-state index contributed by atoms with van der Waals surface area (Å²) in [6.45, 7) is 2.88. The summed E-state index contributed by atoms with van der Waals surface area (Å²) in [6, 6.07) is 0. The van der Waals surface area contributed by atoms with Crippen molar-refractivity contribution in [3.05, 3.63) is 6.92 Å². The van der Waals surface area contributed by atoms with Crippen molar-refractivity contribution in [2.24, 2.45) is 0 Å². The second-order valence-electron chi connectivity index (χ2n) is 1.01. The van der Waals surface area contributed by atoms with Gasteiger partial charge >= 0.3 is 5.97 Å². The number of ether oxygens (including phenoxy) is 1. The van der Waals surface area contributed by atoms with Crippen LogP contribution in [0.15, 0.2) is 0 Å². The van der Waals surface area contributed by atoms with Gasteiger partial charge in [0, 0.05) is 0 Å². The summed E-state index contributed by atoms with van der Waals surface area (Å²) in [5.74, 6) is -0.819. The average molecular weight is 102 g/mol. The van der Waals surface area contributed by atoms with Gasteiger partial charge < -0.3 is 4.74 Å². The van der Waals surface area contributed by atoms with Crippen LogP contribution in [-0.4, -0.2) is 19.2 Å². The first-order valence-corrected chi connectivity index (χ1v) is 1.75. The zero-order valence-corrected chi connectivity index (χ0v) is 4.01. The summed E-state index contributed by atoms with van der Waals surface area (Å²) in [7, 11) is 1.15. The second-order valence-corrected chi connectivity index (χ2v) is 1.01. The normalized spacial score (nSPS) is 13.0. The molecule has 1 atom stereocenters. The summed E-state index contributed by atoms with van der Waals surface area (Å²) >= 11 is 0. The summed E-state index contributed by atoms with van der Waals surface area (Å²) in [5.41, 5.74) is 0. The monoisotopic (exact) mass is 102 g/mol. The highest BCUT2D eigenvalue weighted by Gasteiger charge is 2.08. The van der Waals surface area contributed by atoms with Crippen molar-refractivity contribution >= 4 is 5.97 Å². The standard InChI is InChI=1S/C4H6O3/c1-3(5)4(6)7-2/h3H,1H2,2H3. The van der Waals surface area contributed by atoms with Crippen molar-refractivity contribution in [1.29, 1.82) is 0 Å². The minimum atomic E-state index is -1.50. The number of carbonyl (C=O) groups excluding carboxylic acids is 1. The number of hydrogen-bond acceptors (Lipinski definition) is 2. The Labute approximate surface area is 41.9 Å². The lowest BCUT2D eigenvalue weighted by molar-refractivity contribution is -0.150. The summed E-state index contributed by atoms with van der Waals surface area (Å²) in [5, 5.41) is 9.87. The molecule has 3 heteroatoms. The molecule has 0 heterocycles. The van der Waals surface area contributed by atoms with Crippen molar-refractivity contribution < 1.29 is 14.6 Å². The molecule has 2 radical (unpaired) electrons. The molecule has 0 aliphatic rings. The van der Waals surface area contributed by atoms with E-state index >= 15 is 0 Å². The second kappa shape index (κ2) is 2.58. The zero-order valence-electron chi connectivity index (χ0n) is 4.01. The number of hydrogen-bond donors (Lipinski definition) is 0. The lowest BCUT2D eigenvalue weighted by Gasteiger charge is -1.94. The van der Waals surface area contributed by atoms with Gasteiger partial charge in [0.15, 0.2) is 6.10 Å². The molecule has 0 aromatic heterocycles.